The zero-order valence-electron chi connectivity index (χ0n) is 8.55. The summed E-state index contributed by atoms with van der Waals surface area (Å²) in [5.41, 5.74) is -0.510. The quantitative estimate of drug-likeness (QED) is 0.650. The molecule has 2 amide bonds. The summed E-state index contributed by atoms with van der Waals surface area (Å²) in [5.74, 6) is 2.72. The van der Waals surface area contributed by atoms with Crippen LogP contribution in [0.2, 0.25) is 0 Å². The van der Waals surface area contributed by atoms with Crippen LogP contribution in [0.1, 0.15) is 26.7 Å². The van der Waals surface area contributed by atoms with Gasteiger partial charge in [-0.3, -0.25) is 10.7 Å². The van der Waals surface area contributed by atoms with E-state index in [9.17, 15) is 4.79 Å². The normalized spacial score (nSPS) is 19.4. The Morgan fingerprint density at radius 1 is 1.57 bits per heavy atom. The number of carbonyl (C=O) groups excluding carboxylic acids is 1. The first-order valence-electron chi connectivity index (χ1n) is 4.73. The van der Waals surface area contributed by atoms with Crippen molar-refractivity contribution in [2.45, 2.75) is 32.2 Å². The summed E-state index contributed by atoms with van der Waals surface area (Å²) in [6.07, 6.45) is 6.63. The van der Waals surface area contributed by atoms with Crippen LogP contribution in [0.4, 0.5) is 4.79 Å². The summed E-state index contributed by atoms with van der Waals surface area (Å²) in [6.45, 7) is 4.18. The Kier molecular flexibility index (Phi) is 2.80. The predicted molar refractivity (Wildman–Crippen MR) is 55.1 cm³/mol. The molecule has 0 aromatic heterocycles. The molecule has 1 fully saturated rings. The maximum atomic E-state index is 11.5. The van der Waals surface area contributed by atoms with Gasteiger partial charge < -0.3 is 4.90 Å². The lowest BCUT2D eigenvalue weighted by Crippen LogP contribution is -2.48. The SMILES string of the molecule is C#CCN1C(=O)NC(=N)C1(CC)CC. The molecule has 0 aromatic carbocycles. The van der Waals surface area contributed by atoms with Crippen LogP contribution < -0.4 is 5.32 Å². The third-order valence-corrected chi connectivity index (χ3v) is 2.88. The molecule has 0 spiro atoms. The smallest absolute Gasteiger partial charge is 0.301 e. The van der Waals surface area contributed by atoms with Crippen molar-refractivity contribution in [1.82, 2.24) is 10.2 Å². The van der Waals surface area contributed by atoms with E-state index < -0.39 is 5.54 Å². The zero-order valence-corrected chi connectivity index (χ0v) is 8.55. The van der Waals surface area contributed by atoms with E-state index in [0.717, 1.165) is 0 Å². The highest BCUT2D eigenvalue weighted by Crippen LogP contribution is 2.28. The molecule has 0 aliphatic carbocycles. The number of terminal acetylenes is 1. The summed E-state index contributed by atoms with van der Waals surface area (Å²) in [7, 11) is 0. The molecule has 0 bridgehead atoms. The molecule has 1 aliphatic heterocycles. The van der Waals surface area contributed by atoms with Gasteiger partial charge in [-0.2, -0.15) is 0 Å². The van der Waals surface area contributed by atoms with Gasteiger partial charge in [-0.15, -0.1) is 6.42 Å². The van der Waals surface area contributed by atoms with Crippen LogP contribution in [0.5, 0.6) is 0 Å². The molecule has 1 aliphatic rings. The molecule has 0 radical (unpaired) electrons. The maximum Gasteiger partial charge on any atom is 0.324 e. The first-order valence-corrected chi connectivity index (χ1v) is 4.73. The van der Waals surface area contributed by atoms with Crippen LogP contribution in [0, 0.1) is 17.8 Å². The minimum absolute atomic E-state index is 0.253. The molecule has 0 aromatic rings. The number of hydrogen-bond donors (Lipinski definition) is 2. The van der Waals surface area contributed by atoms with Gasteiger partial charge in [-0.1, -0.05) is 19.8 Å². The van der Waals surface area contributed by atoms with Gasteiger partial charge in [-0.05, 0) is 12.8 Å². The highest BCUT2D eigenvalue weighted by Gasteiger charge is 2.47. The maximum absolute atomic E-state index is 11.5. The fraction of sp³-hybridized carbons (Fsp3) is 0.600. The molecule has 2 N–H and O–H groups in total. The van der Waals surface area contributed by atoms with Gasteiger partial charge in [0.2, 0.25) is 0 Å². The van der Waals surface area contributed by atoms with Crippen LogP contribution >= 0.6 is 0 Å². The Balaban J connectivity index is 3.05. The summed E-state index contributed by atoms with van der Waals surface area (Å²) in [4.78, 5) is 13.1. The van der Waals surface area contributed by atoms with E-state index in [0.29, 0.717) is 12.8 Å². The van der Waals surface area contributed by atoms with Gasteiger partial charge in [0.1, 0.15) is 11.4 Å². The first kappa shape index (κ1) is 10.6. The Hall–Kier alpha value is -1.50. The molecule has 1 rings (SSSR count). The second-order valence-corrected chi connectivity index (χ2v) is 3.33. The Bertz CT molecular complexity index is 299. The second kappa shape index (κ2) is 3.70. The molecule has 0 atom stereocenters. The molecule has 4 nitrogen and oxygen atoms in total. The van der Waals surface area contributed by atoms with Crippen molar-refractivity contribution in [3.8, 4) is 12.3 Å². The van der Waals surface area contributed by atoms with Crippen LogP contribution in [0.3, 0.4) is 0 Å². The van der Waals surface area contributed by atoms with E-state index in [1.807, 2.05) is 13.8 Å². The van der Waals surface area contributed by atoms with Crippen molar-refractivity contribution in [1.29, 1.82) is 5.41 Å². The van der Waals surface area contributed by atoms with Crippen molar-refractivity contribution in [3.05, 3.63) is 0 Å². The Labute approximate surface area is 84.2 Å². The third-order valence-electron chi connectivity index (χ3n) is 2.88. The molecule has 1 saturated heterocycles. The average Bonchev–Trinajstić information content (AvgIpc) is 2.40. The standard InChI is InChI=1S/C10H15N3O/c1-4-7-13-9(14)12-8(11)10(13,5-2)6-3/h1H,5-7H2,2-3H3,(H2,11,12,14). The number of rotatable bonds is 3. The van der Waals surface area contributed by atoms with E-state index in [4.69, 9.17) is 11.8 Å². The molecule has 0 saturated carbocycles. The van der Waals surface area contributed by atoms with Crippen LogP contribution in [0.15, 0.2) is 0 Å². The lowest BCUT2D eigenvalue weighted by Gasteiger charge is -2.33. The fourth-order valence-electron chi connectivity index (χ4n) is 1.92. The monoisotopic (exact) mass is 193 g/mol. The van der Waals surface area contributed by atoms with Crippen molar-refractivity contribution in [2.75, 3.05) is 6.54 Å². The van der Waals surface area contributed by atoms with E-state index in [1.165, 1.54) is 0 Å². The molecular weight excluding hydrogens is 178 g/mol. The Morgan fingerprint density at radius 3 is 2.57 bits per heavy atom. The van der Waals surface area contributed by atoms with Crippen LogP contribution in [0.25, 0.3) is 0 Å². The predicted octanol–water partition coefficient (Wildman–Crippen LogP) is 1.18. The number of nitrogens with one attached hydrogen (secondary N) is 2. The first-order chi connectivity index (χ1) is 6.62. The van der Waals surface area contributed by atoms with Crippen LogP contribution in [-0.2, 0) is 0 Å². The van der Waals surface area contributed by atoms with Crippen molar-refractivity contribution >= 4 is 11.9 Å². The van der Waals surface area contributed by atoms with Gasteiger partial charge >= 0.3 is 6.03 Å². The molecule has 4 heteroatoms. The minimum atomic E-state index is -0.510. The summed E-state index contributed by atoms with van der Waals surface area (Å²) in [5, 5.41) is 10.3. The van der Waals surface area contributed by atoms with E-state index in [1.54, 1.807) is 4.90 Å². The number of amides is 2. The number of nitrogens with zero attached hydrogens (tertiary/aromatic N) is 1. The van der Waals surface area contributed by atoms with Crippen molar-refractivity contribution in [3.63, 3.8) is 0 Å². The molecule has 0 unspecified atom stereocenters. The number of urea groups is 1. The lowest BCUT2D eigenvalue weighted by atomic mass is 9.91. The summed E-state index contributed by atoms with van der Waals surface area (Å²) >= 11 is 0. The van der Waals surface area contributed by atoms with Gasteiger partial charge in [0, 0.05) is 0 Å². The van der Waals surface area contributed by atoms with E-state index in [2.05, 4.69) is 11.2 Å². The molecule has 14 heavy (non-hydrogen) atoms. The summed E-state index contributed by atoms with van der Waals surface area (Å²) in [6, 6.07) is -0.253. The number of carbonyl (C=O) groups is 1. The number of amidine groups is 1. The van der Waals surface area contributed by atoms with Crippen molar-refractivity contribution < 1.29 is 4.79 Å². The molecule has 76 valence electrons. The largest absolute Gasteiger partial charge is 0.324 e. The van der Waals surface area contributed by atoms with Gasteiger partial charge in [0.05, 0.1) is 6.54 Å². The molecule has 1 heterocycles. The highest BCUT2D eigenvalue weighted by molar-refractivity contribution is 6.08. The van der Waals surface area contributed by atoms with Crippen LogP contribution in [-0.4, -0.2) is 28.9 Å². The Morgan fingerprint density at radius 2 is 2.14 bits per heavy atom. The summed E-state index contributed by atoms with van der Waals surface area (Å²) < 4.78 is 0. The molecular formula is C10H15N3O. The zero-order chi connectivity index (χ0) is 10.8. The average molecular weight is 193 g/mol. The second-order valence-electron chi connectivity index (χ2n) is 3.33. The van der Waals surface area contributed by atoms with Crippen molar-refractivity contribution in [2.24, 2.45) is 0 Å². The van der Waals surface area contributed by atoms with Gasteiger partial charge in [-0.25, -0.2) is 4.79 Å². The third kappa shape index (κ3) is 1.25. The van der Waals surface area contributed by atoms with Gasteiger partial charge in [0.25, 0.3) is 0 Å². The topological polar surface area (TPSA) is 56.2 Å². The van der Waals surface area contributed by atoms with E-state index >= 15 is 0 Å². The van der Waals surface area contributed by atoms with E-state index in [-0.39, 0.29) is 18.4 Å². The minimum Gasteiger partial charge on any atom is -0.301 e. The van der Waals surface area contributed by atoms with Gasteiger partial charge in [0.15, 0.2) is 0 Å². The number of hydrogen-bond acceptors (Lipinski definition) is 2. The fourth-order valence-corrected chi connectivity index (χ4v) is 1.92. The highest BCUT2D eigenvalue weighted by atomic mass is 16.2. The lowest BCUT2D eigenvalue weighted by molar-refractivity contribution is 0.178.